The molecule has 1 aromatic rings. The van der Waals surface area contributed by atoms with Crippen molar-refractivity contribution in [2.75, 3.05) is 0 Å². The van der Waals surface area contributed by atoms with E-state index in [4.69, 9.17) is 0 Å². The molecule has 0 unspecified atom stereocenters. The number of benzene rings is 1. The van der Waals surface area contributed by atoms with Crippen molar-refractivity contribution in [1.29, 1.82) is 0 Å². The van der Waals surface area contributed by atoms with Crippen molar-refractivity contribution in [3.8, 4) is 0 Å². The van der Waals surface area contributed by atoms with Crippen molar-refractivity contribution in [3.63, 3.8) is 0 Å². The Morgan fingerprint density at radius 3 is 2.70 bits per heavy atom. The van der Waals surface area contributed by atoms with Crippen LogP contribution in [0.25, 0.3) is 0 Å². The normalized spacial score (nSPS) is 9.20. The molecule has 0 fully saturated rings. The highest BCUT2D eigenvalue weighted by molar-refractivity contribution is 6.33. The molecule has 0 aliphatic carbocycles. The second-order valence-electron chi connectivity index (χ2n) is 2.42. The van der Waals surface area contributed by atoms with Crippen LogP contribution in [0.5, 0.6) is 0 Å². The standard InChI is InChI=1S/C9H11B/c1-2-5-8-6-3-4-7-9(8)10/h2-4,6-7H,1,5,10H2. The van der Waals surface area contributed by atoms with Gasteiger partial charge in [0.2, 0.25) is 0 Å². The van der Waals surface area contributed by atoms with E-state index >= 15 is 0 Å². The third kappa shape index (κ3) is 1.50. The van der Waals surface area contributed by atoms with Crippen LogP contribution in [-0.4, -0.2) is 7.85 Å². The third-order valence-electron chi connectivity index (χ3n) is 1.63. The number of hydrogen-bond donors (Lipinski definition) is 0. The third-order valence-corrected chi connectivity index (χ3v) is 1.63. The van der Waals surface area contributed by atoms with E-state index in [0.717, 1.165) is 6.42 Å². The lowest BCUT2D eigenvalue weighted by molar-refractivity contribution is 1.30. The summed E-state index contributed by atoms with van der Waals surface area (Å²) < 4.78 is 0. The topological polar surface area (TPSA) is 0 Å². The molecule has 1 rings (SSSR count). The van der Waals surface area contributed by atoms with Gasteiger partial charge in [0.25, 0.3) is 0 Å². The molecule has 0 atom stereocenters. The Balaban J connectivity index is 2.91. The molecule has 0 radical (unpaired) electrons. The second-order valence-corrected chi connectivity index (χ2v) is 2.42. The molecule has 0 aliphatic heterocycles. The van der Waals surface area contributed by atoms with Crippen molar-refractivity contribution < 1.29 is 0 Å². The van der Waals surface area contributed by atoms with E-state index in [1.807, 2.05) is 6.08 Å². The molecule has 0 spiro atoms. The maximum Gasteiger partial charge on any atom is 0.139 e. The molecule has 1 aromatic carbocycles. The summed E-state index contributed by atoms with van der Waals surface area (Å²) in [4.78, 5) is 0. The van der Waals surface area contributed by atoms with Crippen LogP contribution in [0, 0.1) is 0 Å². The van der Waals surface area contributed by atoms with Crippen molar-refractivity contribution in [1.82, 2.24) is 0 Å². The van der Waals surface area contributed by atoms with E-state index in [2.05, 4.69) is 38.7 Å². The predicted octanol–water partition coefficient (Wildman–Crippen LogP) is 0.673. The zero-order chi connectivity index (χ0) is 7.40. The van der Waals surface area contributed by atoms with Gasteiger partial charge in [-0.1, -0.05) is 41.4 Å². The Morgan fingerprint density at radius 1 is 1.40 bits per heavy atom. The smallest absolute Gasteiger partial charge is 0.103 e. The first kappa shape index (κ1) is 7.14. The molecule has 1 heteroatoms. The van der Waals surface area contributed by atoms with Gasteiger partial charge in [0.05, 0.1) is 0 Å². The van der Waals surface area contributed by atoms with Crippen molar-refractivity contribution in [2.45, 2.75) is 6.42 Å². The zero-order valence-electron chi connectivity index (χ0n) is 6.30. The van der Waals surface area contributed by atoms with Gasteiger partial charge < -0.3 is 0 Å². The fourth-order valence-electron chi connectivity index (χ4n) is 0.995. The molecule has 10 heavy (non-hydrogen) atoms. The fraction of sp³-hybridized carbons (Fsp3) is 0.111. The molecular formula is C9H11B. The zero-order valence-corrected chi connectivity index (χ0v) is 6.30. The van der Waals surface area contributed by atoms with Crippen LogP contribution in [0.2, 0.25) is 0 Å². The maximum absolute atomic E-state index is 3.70. The minimum atomic E-state index is 0.979. The molecule has 0 aromatic heterocycles. The van der Waals surface area contributed by atoms with E-state index < -0.39 is 0 Å². The largest absolute Gasteiger partial charge is 0.139 e. The Kier molecular flexibility index (Phi) is 2.32. The monoisotopic (exact) mass is 130 g/mol. The molecule has 0 heterocycles. The first-order valence-electron chi connectivity index (χ1n) is 3.50. The van der Waals surface area contributed by atoms with Gasteiger partial charge in [-0.05, 0) is 6.42 Å². The maximum atomic E-state index is 3.70. The second kappa shape index (κ2) is 3.26. The van der Waals surface area contributed by atoms with Gasteiger partial charge >= 0.3 is 0 Å². The SMILES string of the molecule is Bc1ccccc1CC=C. The van der Waals surface area contributed by atoms with Gasteiger partial charge in [-0.15, -0.1) is 6.58 Å². The molecule has 0 nitrogen and oxygen atoms in total. The lowest BCUT2D eigenvalue weighted by Crippen LogP contribution is -2.07. The summed E-state index contributed by atoms with van der Waals surface area (Å²) in [6.45, 7) is 3.70. The summed E-state index contributed by atoms with van der Waals surface area (Å²) in [7, 11) is 2.12. The number of rotatable bonds is 2. The molecule has 0 saturated heterocycles. The van der Waals surface area contributed by atoms with E-state index in [1.54, 1.807) is 0 Å². The average Bonchev–Trinajstić information content (AvgIpc) is 1.94. The van der Waals surface area contributed by atoms with Gasteiger partial charge in [0.15, 0.2) is 0 Å². The summed E-state index contributed by atoms with van der Waals surface area (Å²) in [5, 5.41) is 0. The van der Waals surface area contributed by atoms with Crippen LogP contribution in [0.1, 0.15) is 5.56 Å². The van der Waals surface area contributed by atoms with Crippen LogP contribution >= 0.6 is 0 Å². The minimum absolute atomic E-state index is 0.979. The fourth-order valence-corrected chi connectivity index (χ4v) is 0.995. The Bertz CT molecular complexity index is 228. The van der Waals surface area contributed by atoms with Crippen LogP contribution in [0.3, 0.4) is 0 Å². The Morgan fingerprint density at radius 2 is 2.10 bits per heavy atom. The van der Waals surface area contributed by atoms with E-state index in [0.29, 0.717) is 0 Å². The lowest BCUT2D eigenvalue weighted by Gasteiger charge is -1.99. The van der Waals surface area contributed by atoms with Gasteiger partial charge in [0, 0.05) is 0 Å². The highest BCUT2D eigenvalue weighted by atomic mass is 13.9. The first-order chi connectivity index (χ1) is 4.84. The summed E-state index contributed by atoms with van der Waals surface area (Å²) >= 11 is 0. The molecular weight excluding hydrogens is 119 g/mol. The minimum Gasteiger partial charge on any atom is -0.103 e. The Hall–Kier alpha value is -0.975. The van der Waals surface area contributed by atoms with Crippen LogP contribution in [0.15, 0.2) is 36.9 Å². The number of allylic oxidation sites excluding steroid dienone is 1. The van der Waals surface area contributed by atoms with E-state index in [-0.39, 0.29) is 0 Å². The van der Waals surface area contributed by atoms with Crippen LogP contribution in [-0.2, 0) is 6.42 Å². The van der Waals surface area contributed by atoms with Gasteiger partial charge in [-0.25, -0.2) is 0 Å². The highest BCUT2D eigenvalue weighted by Crippen LogP contribution is 1.95. The van der Waals surface area contributed by atoms with Crippen molar-refractivity contribution in [2.24, 2.45) is 0 Å². The van der Waals surface area contributed by atoms with Gasteiger partial charge in [0.1, 0.15) is 7.85 Å². The first-order valence-corrected chi connectivity index (χ1v) is 3.50. The summed E-state index contributed by atoms with van der Waals surface area (Å²) in [6, 6.07) is 8.38. The quantitative estimate of drug-likeness (QED) is 0.407. The molecule has 50 valence electrons. The van der Waals surface area contributed by atoms with Crippen molar-refractivity contribution in [3.05, 3.63) is 42.5 Å². The van der Waals surface area contributed by atoms with E-state index in [1.165, 1.54) is 11.0 Å². The van der Waals surface area contributed by atoms with Gasteiger partial charge in [-0.3, -0.25) is 0 Å². The summed E-state index contributed by atoms with van der Waals surface area (Å²) in [5.74, 6) is 0. The van der Waals surface area contributed by atoms with Gasteiger partial charge in [-0.2, -0.15) is 0 Å². The molecule has 0 bridgehead atoms. The summed E-state index contributed by atoms with van der Waals surface area (Å²) in [6.07, 6.45) is 2.91. The van der Waals surface area contributed by atoms with Crippen LogP contribution in [0.4, 0.5) is 0 Å². The van der Waals surface area contributed by atoms with Crippen LogP contribution < -0.4 is 5.46 Å². The average molecular weight is 130 g/mol. The predicted molar refractivity (Wildman–Crippen MR) is 48.5 cm³/mol. The summed E-state index contributed by atoms with van der Waals surface area (Å²) in [5.41, 5.74) is 2.72. The van der Waals surface area contributed by atoms with E-state index in [9.17, 15) is 0 Å². The molecule has 0 N–H and O–H groups in total. The van der Waals surface area contributed by atoms with Crippen molar-refractivity contribution >= 4 is 13.3 Å². The Labute approximate surface area is 63.0 Å². The molecule has 0 amide bonds. The highest BCUT2D eigenvalue weighted by Gasteiger charge is 1.90. The molecule has 0 saturated carbocycles. The number of hydrogen-bond acceptors (Lipinski definition) is 0. The lowest BCUT2D eigenvalue weighted by atomic mass is 9.89. The molecule has 0 aliphatic rings.